The number of rotatable bonds is 11. The van der Waals surface area contributed by atoms with Crippen LogP contribution in [0.4, 0.5) is 0 Å². The smallest absolute Gasteiger partial charge is 0.235 e. The minimum atomic E-state index is -0.482. The molecule has 0 saturated heterocycles. The number of hydrogen-bond donors (Lipinski definition) is 2. The Morgan fingerprint density at radius 2 is 1.70 bits per heavy atom. The number of nitrogens with one attached hydrogen (secondary N) is 2. The van der Waals surface area contributed by atoms with Crippen molar-refractivity contribution in [2.75, 3.05) is 18.3 Å². The highest BCUT2D eigenvalue weighted by Gasteiger charge is 2.18. The van der Waals surface area contributed by atoms with E-state index in [2.05, 4.69) is 10.6 Å². The van der Waals surface area contributed by atoms with Crippen molar-refractivity contribution in [2.45, 2.75) is 45.1 Å². The quantitative estimate of drug-likeness (QED) is 0.448. The van der Waals surface area contributed by atoms with Gasteiger partial charge in [0, 0.05) is 13.0 Å². The summed E-state index contributed by atoms with van der Waals surface area (Å²) in [6.45, 7) is 2.43. The van der Waals surface area contributed by atoms with Gasteiger partial charge in [-0.25, -0.2) is 0 Å². The Hall–Kier alpha value is -0.810. The first-order valence-electron chi connectivity index (χ1n) is 6.75. The molecule has 0 unspecified atom stereocenters. The largest absolute Gasteiger partial charge is 0.355 e. The summed E-state index contributed by atoms with van der Waals surface area (Å²) in [6, 6.07) is -0.482. The van der Waals surface area contributed by atoms with Crippen LogP contribution in [0.1, 0.15) is 39.0 Å². The number of Topliss-reactive ketones (excluding diaryl/α,β-unsaturated/α-hetero) is 1. The second-order valence-electron chi connectivity index (χ2n) is 4.45. The van der Waals surface area contributed by atoms with Gasteiger partial charge in [-0.05, 0) is 25.7 Å². The van der Waals surface area contributed by atoms with Crippen LogP contribution in [0.5, 0.6) is 0 Å². The SMILES string of the molecule is CCCC(=O)[C@H](CCCCNC(=O)CCl)NC(=O)CCl. The fourth-order valence-corrected chi connectivity index (χ4v) is 1.89. The van der Waals surface area contributed by atoms with Crippen LogP contribution < -0.4 is 10.6 Å². The molecule has 0 bridgehead atoms. The molecular formula is C13H22Cl2N2O3. The van der Waals surface area contributed by atoms with Crippen molar-refractivity contribution in [1.82, 2.24) is 10.6 Å². The molecule has 0 heterocycles. The highest BCUT2D eigenvalue weighted by atomic mass is 35.5. The fraction of sp³-hybridized carbons (Fsp3) is 0.769. The maximum atomic E-state index is 11.9. The molecular weight excluding hydrogens is 303 g/mol. The van der Waals surface area contributed by atoms with E-state index in [4.69, 9.17) is 23.2 Å². The lowest BCUT2D eigenvalue weighted by Crippen LogP contribution is -2.41. The summed E-state index contributed by atoms with van der Waals surface area (Å²) in [4.78, 5) is 34.1. The molecule has 0 aliphatic carbocycles. The average molecular weight is 325 g/mol. The Bertz CT molecular complexity index is 325. The molecule has 0 aliphatic heterocycles. The first-order chi connectivity index (χ1) is 9.54. The van der Waals surface area contributed by atoms with E-state index in [0.717, 1.165) is 19.3 Å². The van der Waals surface area contributed by atoms with E-state index in [0.29, 0.717) is 19.4 Å². The van der Waals surface area contributed by atoms with Gasteiger partial charge in [0.2, 0.25) is 11.8 Å². The summed E-state index contributed by atoms with van der Waals surface area (Å²) in [5.41, 5.74) is 0. The third-order valence-electron chi connectivity index (χ3n) is 2.70. The van der Waals surface area contributed by atoms with E-state index in [1.165, 1.54) is 0 Å². The fourth-order valence-electron chi connectivity index (χ4n) is 1.72. The lowest BCUT2D eigenvalue weighted by molar-refractivity contribution is -0.126. The van der Waals surface area contributed by atoms with Gasteiger partial charge in [-0.2, -0.15) is 0 Å². The van der Waals surface area contributed by atoms with Crippen LogP contribution in [-0.4, -0.2) is 41.9 Å². The number of unbranched alkanes of at least 4 members (excludes halogenated alkanes) is 1. The summed E-state index contributed by atoms with van der Waals surface area (Å²) < 4.78 is 0. The lowest BCUT2D eigenvalue weighted by Gasteiger charge is -2.16. The van der Waals surface area contributed by atoms with E-state index in [9.17, 15) is 14.4 Å². The summed E-state index contributed by atoms with van der Waals surface area (Å²) in [6.07, 6.45) is 3.20. The van der Waals surface area contributed by atoms with Crippen LogP contribution in [0, 0.1) is 0 Å². The molecule has 0 aromatic rings. The standard InChI is InChI=1S/C13H22Cl2N2O3/c1-2-5-11(18)10(17-13(20)9-15)6-3-4-7-16-12(19)8-14/h10H,2-9H2,1H3,(H,16,19)(H,17,20)/t10-/m0/s1. The van der Waals surface area contributed by atoms with E-state index < -0.39 is 6.04 Å². The molecule has 2 N–H and O–H groups in total. The molecule has 0 aromatic heterocycles. The third kappa shape index (κ3) is 9.15. The Morgan fingerprint density at radius 3 is 2.25 bits per heavy atom. The average Bonchev–Trinajstić information content (AvgIpc) is 2.45. The van der Waals surface area contributed by atoms with Crippen LogP contribution in [0.2, 0.25) is 0 Å². The number of carbonyl (C=O) groups is 3. The van der Waals surface area contributed by atoms with Gasteiger partial charge in [-0.3, -0.25) is 14.4 Å². The number of amides is 2. The van der Waals surface area contributed by atoms with E-state index >= 15 is 0 Å². The second-order valence-corrected chi connectivity index (χ2v) is 4.98. The van der Waals surface area contributed by atoms with Gasteiger partial charge < -0.3 is 10.6 Å². The van der Waals surface area contributed by atoms with Gasteiger partial charge in [0.05, 0.1) is 6.04 Å². The Balaban J connectivity index is 4.06. The number of halogens is 2. The van der Waals surface area contributed by atoms with Crippen LogP contribution >= 0.6 is 23.2 Å². The van der Waals surface area contributed by atoms with Crippen LogP contribution in [-0.2, 0) is 14.4 Å². The highest BCUT2D eigenvalue weighted by Crippen LogP contribution is 2.06. The van der Waals surface area contributed by atoms with Gasteiger partial charge in [-0.1, -0.05) is 6.92 Å². The topological polar surface area (TPSA) is 75.3 Å². The minimum Gasteiger partial charge on any atom is -0.355 e. The number of carbonyl (C=O) groups excluding carboxylic acids is 3. The van der Waals surface area contributed by atoms with Crippen molar-refractivity contribution in [2.24, 2.45) is 0 Å². The van der Waals surface area contributed by atoms with Gasteiger partial charge in [0.25, 0.3) is 0 Å². The molecule has 0 rings (SSSR count). The molecule has 0 spiro atoms. The molecule has 20 heavy (non-hydrogen) atoms. The predicted octanol–water partition coefficient (Wildman–Crippen LogP) is 1.60. The Kier molecular flexibility index (Phi) is 11.5. The Labute approximate surface area is 129 Å². The number of ketones is 1. The Morgan fingerprint density at radius 1 is 1.05 bits per heavy atom. The molecule has 1 atom stereocenters. The third-order valence-corrected chi connectivity index (χ3v) is 3.19. The zero-order chi connectivity index (χ0) is 15.4. The zero-order valence-corrected chi connectivity index (χ0v) is 13.2. The second kappa shape index (κ2) is 12.0. The first-order valence-corrected chi connectivity index (χ1v) is 7.82. The minimum absolute atomic E-state index is 0.0239. The van der Waals surface area contributed by atoms with Crippen LogP contribution in [0.3, 0.4) is 0 Å². The molecule has 0 fully saturated rings. The van der Waals surface area contributed by atoms with Gasteiger partial charge >= 0.3 is 0 Å². The molecule has 5 nitrogen and oxygen atoms in total. The molecule has 2 amide bonds. The van der Waals surface area contributed by atoms with E-state index in [-0.39, 0.29) is 29.4 Å². The molecule has 0 aliphatic rings. The van der Waals surface area contributed by atoms with Crippen molar-refractivity contribution in [3.8, 4) is 0 Å². The molecule has 7 heteroatoms. The van der Waals surface area contributed by atoms with Crippen molar-refractivity contribution < 1.29 is 14.4 Å². The normalized spacial score (nSPS) is 11.8. The van der Waals surface area contributed by atoms with Gasteiger partial charge in [-0.15, -0.1) is 23.2 Å². The van der Waals surface area contributed by atoms with E-state index in [1.807, 2.05) is 6.92 Å². The van der Waals surface area contributed by atoms with Crippen molar-refractivity contribution in [3.63, 3.8) is 0 Å². The molecule has 0 aromatic carbocycles. The van der Waals surface area contributed by atoms with Gasteiger partial charge in [0.15, 0.2) is 5.78 Å². The highest BCUT2D eigenvalue weighted by molar-refractivity contribution is 6.27. The van der Waals surface area contributed by atoms with Crippen LogP contribution in [0.25, 0.3) is 0 Å². The summed E-state index contributed by atoms with van der Waals surface area (Å²) in [5, 5.41) is 5.28. The van der Waals surface area contributed by atoms with Gasteiger partial charge in [0.1, 0.15) is 11.8 Å². The maximum Gasteiger partial charge on any atom is 0.235 e. The summed E-state index contributed by atoms with van der Waals surface area (Å²) in [7, 11) is 0. The number of alkyl halides is 2. The monoisotopic (exact) mass is 324 g/mol. The molecule has 0 saturated carbocycles. The summed E-state index contributed by atoms with van der Waals surface area (Å²) in [5.74, 6) is -0.724. The lowest BCUT2D eigenvalue weighted by atomic mass is 10.0. The van der Waals surface area contributed by atoms with Crippen molar-refractivity contribution in [1.29, 1.82) is 0 Å². The zero-order valence-electron chi connectivity index (χ0n) is 11.7. The number of hydrogen-bond acceptors (Lipinski definition) is 3. The van der Waals surface area contributed by atoms with Crippen molar-refractivity contribution in [3.05, 3.63) is 0 Å². The predicted molar refractivity (Wildman–Crippen MR) is 80.1 cm³/mol. The summed E-state index contributed by atoms with van der Waals surface area (Å²) >= 11 is 10.8. The molecule has 0 radical (unpaired) electrons. The first kappa shape index (κ1) is 19.2. The maximum absolute atomic E-state index is 11.9. The van der Waals surface area contributed by atoms with E-state index in [1.54, 1.807) is 0 Å². The molecule has 116 valence electrons. The van der Waals surface area contributed by atoms with Crippen molar-refractivity contribution >= 4 is 40.8 Å². The van der Waals surface area contributed by atoms with Crippen LogP contribution in [0.15, 0.2) is 0 Å².